The lowest BCUT2D eigenvalue weighted by Gasteiger charge is -2.18. The number of rotatable bonds is 5. The molecule has 0 aliphatic rings. The number of hydrogen-bond acceptors (Lipinski definition) is 3. The summed E-state index contributed by atoms with van der Waals surface area (Å²) < 4.78 is 0. The van der Waals surface area contributed by atoms with Gasteiger partial charge in [-0.05, 0) is 12.0 Å². The summed E-state index contributed by atoms with van der Waals surface area (Å²) in [5.41, 5.74) is 7.15. The maximum absolute atomic E-state index is 11.9. The minimum atomic E-state index is -0.522. The lowest BCUT2D eigenvalue weighted by Crippen LogP contribution is -2.40. The van der Waals surface area contributed by atoms with Crippen LogP contribution in [0.1, 0.15) is 25.8 Å². The quantitative estimate of drug-likeness (QED) is 0.725. The average Bonchev–Trinajstić information content (AvgIpc) is 2.37. The zero-order valence-corrected chi connectivity index (χ0v) is 10.3. The molecule has 1 unspecified atom stereocenters. The van der Waals surface area contributed by atoms with Crippen LogP contribution in [-0.4, -0.2) is 17.1 Å². The molecule has 1 rings (SSSR count). The zero-order valence-electron chi connectivity index (χ0n) is 10.3. The summed E-state index contributed by atoms with van der Waals surface area (Å²) in [6, 6.07) is 6.63. The van der Waals surface area contributed by atoms with Gasteiger partial charge in [-0.15, -0.1) is 0 Å². The average molecular weight is 236 g/mol. The fourth-order valence-electron chi connectivity index (χ4n) is 1.51. The van der Waals surface area contributed by atoms with Crippen molar-refractivity contribution >= 4 is 11.6 Å². The molecule has 0 aliphatic heterocycles. The van der Waals surface area contributed by atoms with Gasteiger partial charge in [0.2, 0.25) is 5.91 Å². The van der Waals surface area contributed by atoms with Crippen LogP contribution in [0.4, 0.5) is 5.69 Å². The van der Waals surface area contributed by atoms with Crippen molar-refractivity contribution < 1.29 is 9.90 Å². The second-order valence-electron chi connectivity index (χ2n) is 4.22. The lowest BCUT2D eigenvalue weighted by atomic mass is 9.99. The molecular formula is C13H20N2O2. The molecule has 17 heavy (non-hydrogen) atoms. The molecular weight excluding hydrogens is 216 g/mol. The Kier molecular flexibility index (Phi) is 5.12. The highest BCUT2D eigenvalue weighted by Gasteiger charge is 2.19. The number of para-hydroxylation sites is 1. The summed E-state index contributed by atoms with van der Waals surface area (Å²) >= 11 is 0. The summed E-state index contributed by atoms with van der Waals surface area (Å²) in [6.45, 7) is 3.84. The Morgan fingerprint density at radius 2 is 2.12 bits per heavy atom. The molecule has 2 atom stereocenters. The molecule has 0 radical (unpaired) electrons. The molecule has 1 aromatic rings. The number of anilines is 1. The van der Waals surface area contributed by atoms with Gasteiger partial charge in [0.15, 0.2) is 0 Å². The summed E-state index contributed by atoms with van der Waals surface area (Å²) in [4.78, 5) is 11.9. The topological polar surface area (TPSA) is 75.4 Å². The van der Waals surface area contributed by atoms with Crippen molar-refractivity contribution in [3.63, 3.8) is 0 Å². The third kappa shape index (κ3) is 3.54. The van der Waals surface area contributed by atoms with Crippen molar-refractivity contribution in [3.8, 4) is 0 Å². The van der Waals surface area contributed by atoms with Crippen molar-refractivity contribution in [1.29, 1.82) is 0 Å². The first-order chi connectivity index (χ1) is 8.10. The Morgan fingerprint density at radius 3 is 2.71 bits per heavy atom. The Bertz CT molecular complexity index is 379. The van der Waals surface area contributed by atoms with E-state index in [1.807, 2.05) is 26.0 Å². The minimum absolute atomic E-state index is 0.102. The molecule has 1 aromatic carbocycles. The largest absolute Gasteiger partial charge is 0.392 e. The summed E-state index contributed by atoms with van der Waals surface area (Å²) in [5, 5.41) is 11.9. The second kappa shape index (κ2) is 6.37. The van der Waals surface area contributed by atoms with Gasteiger partial charge in [-0.25, -0.2) is 0 Å². The van der Waals surface area contributed by atoms with Gasteiger partial charge in [0.25, 0.3) is 0 Å². The highest BCUT2D eigenvalue weighted by atomic mass is 16.3. The highest BCUT2D eigenvalue weighted by Crippen LogP contribution is 2.16. The van der Waals surface area contributed by atoms with Crippen molar-refractivity contribution in [1.82, 2.24) is 0 Å². The van der Waals surface area contributed by atoms with Gasteiger partial charge < -0.3 is 16.2 Å². The second-order valence-corrected chi connectivity index (χ2v) is 4.22. The monoisotopic (exact) mass is 236 g/mol. The van der Waals surface area contributed by atoms with Crippen molar-refractivity contribution in [3.05, 3.63) is 29.8 Å². The molecule has 0 bridgehead atoms. The lowest BCUT2D eigenvalue weighted by molar-refractivity contribution is -0.118. The first kappa shape index (κ1) is 13.7. The van der Waals surface area contributed by atoms with Crippen LogP contribution in [0.2, 0.25) is 0 Å². The SMILES string of the molecule is CCC(C)[C@H](N)C(=O)Nc1ccccc1CO. The molecule has 4 nitrogen and oxygen atoms in total. The molecule has 94 valence electrons. The Hall–Kier alpha value is -1.39. The summed E-state index contributed by atoms with van der Waals surface area (Å²) in [6.07, 6.45) is 0.857. The molecule has 1 amide bonds. The van der Waals surface area contributed by atoms with E-state index in [1.54, 1.807) is 12.1 Å². The van der Waals surface area contributed by atoms with E-state index >= 15 is 0 Å². The summed E-state index contributed by atoms with van der Waals surface area (Å²) in [5.74, 6) is -0.0726. The first-order valence-corrected chi connectivity index (χ1v) is 5.85. The van der Waals surface area contributed by atoms with Crippen LogP contribution < -0.4 is 11.1 Å². The molecule has 4 N–H and O–H groups in total. The molecule has 0 saturated carbocycles. The van der Waals surface area contributed by atoms with E-state index in [2.05, 4.69) is 5.32 Å². The van der Waals surface area contributed by atoms with Gasteiger partial charge in [0, 0.05) is 11.3 Å². The maximum atomic E-state index is 11.9. The fourth-order valence-corrected chi connectivity index (χ4v) is 1.51. The standard InChI is InChI=1S/C13H20N2O2/c1-3-9(2)12(14)13(17)15-11-7-5-4-6-10(11)8-16/h4-7,9,12,16H,3,8,14H2,1-2H3,(H,15,17)/t9?,12-/m0/s1. The van der Waals surface area contributed by atoms with Gasteiger partial charge in [-0.3, -0.25) is 4.79 Å². The normalized spacial score (nSPS) is 14.1. The van der Waals surface area contributed by atoms with Crippen LogP contribution in [0, 0.1) is 5.92 Å². The van der Waals surface area contributed by atoms with E-state index in [1.165, 1.54) is 0 Å². The number of benzene rings is 1. The Balaban J connectivity index is 2.74. The van der Waals surface area contributed by atoms with Crippen LogP contribution in [0.5, 0.6) is 0 Å². The third-order valence-corrected chi connectivity index (χ3v) is 3.01. The number of aliphatic hydroxyl groups excluding tert-OH is 1. The number of aliphatic hydroxyl groups is 1. The van der Waals surface area contributed by atoms with E-state index < -0.39 is 6.04 Å². The predicted octanol–water partition coefficient (Wildman–Crippen LogP) is 1.49. The van der Waals surface area contributed by atoms with Crippen molar-refractivity contribution in [2.45, 2.75) is 32.9 Å². The van der Waals surface area contributed by atoms with Crippen LogP contribution in [0.3, 0.4) is 0 Å². The van der Waals surface area contributed by atoms with Crippen molar-refractivity contribution in [2.75, 3.05) is 5.32 Å². The van der Waals surface area contributed by atoms with E-state index in [-0.39, 0.29) is 18.4 Å². The molecule has 0 heterocycles. The van der Waals surface area contributed by atoms with Crippen molar-refractivity contribution in [2.24, 2.45) is 11.7 Å². The third-order valence-electron chi connectivity index (χ3n) is 3.01. The molecule has 0 aliphatic carbocycles. The van der Waals surface area contributed by atoms with E-state index in [0.29, 0.717) is 11.3 Å². The number of hydrogen-bond donors (Lipinski definition) is 3. The number of carbonyl (C=O) groups excluding carboxylic acids is 1. The van der Waals surface area contributed by atoms with Gasteiger partial charge in [-0.2, -0.15) is 0 Å². The zero-order chi connectivity index (χ0) is 12.8. The Labute approximate surface area is 102 Å². The number of nitrogens with two attached hydrogens (primary N) is 1. The maximum Gasteiger partial charge on any atom is 0.241 e. The fraction of sp³-hybridized carbons (Fsp3) is 0.462. The molecule has 0 saturated heterocycles. The highest BCUT2D eigenvalue weighted by molar-refractivity contribution is 5.95. The smallest absolute Gasteiger partial charge is 0.241 e. The molecule has 4 heteroatoms. The molecule has 0 aromatic heterocycles. The first-order valence-electron chi connectivity index (χ1n) is 5.85. The van der Waals surface area contributed by atoms with Gasteiger partial charge in [0.1, 0.15) is 0 Å². The van der Waals surface area contributed by atoms with Gasteiger partial charge in [-0.1, -0.05) is 38.5 Å². The molecule has 0 fully saturated rings. The van der Waals surface area contributed by atoms with Gasteiger partial charge >= 0.3 is 0 Å². The van der Waals surface area contributed by atoms with Crippen LogP contribution >= 0.6 is 0 Å². The predicted molar refractivity (Wildman–Crippen MR) is 68.4 cm³/mol. The van der Waals surface area contributed by atoms with Crippen LogP contribution in [0.25, 0.3) is 0 Å². The minimum Gasteiger partial charge on any atom is -0.392 e. The summed E-state index contributed by atoms with van der Waals surface area (Å²) in [7, 11) is 0. The van der Waals surface area contributed by atoms with Gasteiger partial charge in [0.05, 0.1) is 12.6 Å². The number of amides is 1. The van der Waals surface area contributed by atoms with Crippen LogP contribution in [0.15, 0.2) is 24.3 Å². The molecule has 0 spiro atoms. The number of nitrogens with one attached hydrogen (secondary N) is 1. The van der Waals surface area contributed by atoms with E-state index in [4.69, 9.17) is 10.8 Å². The van der Waals surface area contributed by atoms with E-state index in [9.17, 15) is 4.79 Å². The number of carbonyl (C=O) groups is 1. The Morgan fingerprint density at radius 1 is 1.47 bits per heavy atom. The van der Waals surface area contributed by atoms with Crippen LogP contribution in [-0.2, 0) is 11.4 Å². The van der Waals surface area contributed by atoms with E-state index in [0.717, 1.165) is 6.42 Å².